The minimum Gasteiger partial charge on any atom is -0.313 e. The Bertz CT molecular complexity index is 342. The van der Waals surface area contributed by atoms with Gasteiger partial charge in [-0.15, -0.1) is 0 Å². The Balaban J connectivity index is 2.21. The molecule has 0 bridgehead atoms. The normalized spacial score (nSPS) is 25.6. The zero-order chi connectivity index (χ0) is 11.4. The van der Waals surface area contributed by atoms with Crippen LogP contribution in [-0.4, -0.2) is 13.1 Å². The van der Waals surface area contributed by atoms with Gasteiger partial charge in [0.1, 0.15) is 5.67 Å². The summed E-state index contributed by atoms with van der Waals surface area (Å²) in [5.41, 5.74) is 0.954. The van der Waals surface area contributed by atoms with Crippen LogP contribution in [-0.2, 0) is 12.1 Å². The number of alkyl halides is 1. The minimum absolute atomic E-state index is 0.461. The lowest BCUT2D eigenvalue weighted by molar-refractivity contribution is 0.122. The molecule has 2 heteroatoms. The van der Waals surface area contributed by atoms with Crippen LogP contribution in [0.3, 0.4) is 0 Å². The van der Waals surface area contributed by atoms with Gasteiger partial charge in [0.2, 0.25) is 0 Å². The smallest absolute Gasteiger partial charge is 0.148 e. The number of nitrogens with one attached hydrogen (secondary N) is 1. The summed E-state index contributed by atoms with van der Waals surface area (Å²) in [5.74, 6) is 0. The van der Waals surface area contributed by atoms with Crippen LogP contribution < -0.4 is 5.32 Å². The summed E-state index contributed by atoms with van der Waals surface area (Å²) in [6.07, 6.45) is 3.72. The molecule has 0 amide bonds. The van der Waals surface area contributed by atoms with Crippen molar-refractivity contribution in [3.63, 3.8) is 0 Å². The predicted octanol–water partition coefficient (Wildman–Crippen LogP) is 3.19. The SMILES string of the molecule is CCCc1cccc(C2(F)CCCNC2)c1. The molecule has 1 aromatic rings. The summed E-state index contributed by atoms with van der Waals surface area (Å²) < 4.78 is 14.7. The van der Waals surface area contributed by atoms with Crippen LogP contribution in [0.25, 0.3) is 0 Å². The Labute approximate surface area is 97.1 Å². The predicted molar refractivity (Wildman–Crippen MR) is 65.3 cm³/mol. The van der Waals surface area contributed by atoms with E-state index in [1.807, 2.05) is 18.2 Å². The second kappa shape index (κ2) is 4.96. The Morgan fingerprint density at radius 1 is 1.44 bits per heavy atom. The number of hydrogen-bond donors (Lipinski definition) is 1. The van der Waals surface area contributed by atoms with Gasteiger partial charge in [-0.05, 0) is 36.9 Å². The molecule has 0 radical (unpaired) electrons. The maximum absolute atomic E-state index is 14.7. The van der Waals surface area contributed by atoms with E-state index in [9.17, 15) is 4.39 Å². The Morgan fingerprint density at radius 3 is 3.00 bits per heavy atom. The topological polar surface area (TPSA) is 12.0 Å². The molecule has 1 N–H and O–H groups in total. The second-order valence-corrected chi connectivity index (χ2v) is 4.70. The van der Waals surface area contributed by atoms with Crippen molar-refractivity contribution in [3.05, 3.63) is 35.4 Å². The van der Waals surface area contributed by atoms with Crippen molar-refractivity contribution in [3.8, 4) is 0 Å². The minimum atomic E-state index is -1.15. The van der Waals surface area contributed by atoms with Crippen LogP contribution in [0.5, 0.6) is 0 Å². The lowest BCUT2D eigenvalue weighted by Gasteiger charge is -2.30. The molecule has 88 valence electrons. The fraction of sp³-hybridized carbons (Fsp3) is 0.571. The third kappa shape index (κ3) is 2.43. The van der Waals surface area contributed by atoms with Crippen LogP contribution in [0.15, 0.2) is 24.3 Å². The fourth-order valence-corrected chi connectivity index (χ4v) is 2.41. The number of benzene rings is 1. The van der Waals surface area contributed by atoms with E-state index < -0.39 is 5.67 Å². The molecule has 0 saturated carbocycles. The van der Waals surface area contributed by atoms with E-state index in [1.165, 1.54) is 5.56 Å². The zero-order valence-electron chi connectivity index (χ0n) is 9.93. The van der Waals surface area contributed by atoms with E-state index in [1.54, 1.807) is 0 Å². The highest BCUT2D eigenvalue weighted by Crippen LogP contribution is 2.33. The van der Waals surface area contributed by atoms with Crippen molar-refractivity contribution in [2.75, 3.05) is 13.1 Å². The molecule has 0 aromatic heterocycles. The first-order valence-electron chi connectivity index (χ1n) is 6.24. The molecule has 1 aliphatic heterocycles. The summed E-state index contributed by atoms with van der Waals surface area (Å²) >= 11 is 0. The summed E-state index contributed by atoms with van der Waals surface area (Å²) in [5, 5.41) is 3.15. The number of rotatable bonds is 3. The van der Waals surface area contributed by atoms with Crippen molar-refractivity contribution in [2.45, 2.75) is 38.3 Å². The molecule has 2 rings (SSSR count). The zero-order valence-corrected chi connectivity index (χ0v) is 9.93. The number of piperidine rings is 1. The third-order valence-corrected chi connectivity index (χ3v) is 3.31. The highest BCUT2D eigenvalue weighted by Gasteiger charge is 2.33. The van der Waals surface area contributed by atoms with Crippen molar-refractivity contribution in [2.24, 2.45) is 0 Å². The Hall–Kier alpha value is -0.890. The average Bonchev–Trinajstić information content (AvgIpc) is 2.31. The van der Waals surface area contributed by atoms with Gasteiger partial charge in [-0.25, -0.2) is 4.39 Å². The molecule has 1 heterocycles. The van der Waals surface area contributed by atoms with Crippen LogP contribution in [0.4, 0.5) is 4.39 Å². The first-order chi connectivity index (χ1) is 7.74. The van der Waals surface area contributed by atoms with E-state index in [4.69, 9.17) is 0 Å². The molecule has 0 aliphatic carbocycles. The van der Waals surface area contributed by atoms with Gasteiger partial charge in [0, 0.05) is 6.54 Å². The highest BCUT2D eigenvalue weighted by molar-refractivity contribution is 5.29. The standard InChI is InChI=1S/C14H20FN/c1-2-5-12-6-3-7-13(10-12)14(15)8-4-9-16-11-14/h3,6-7,10,16H,2,4-5,8-9,11H2,1H3. The largest absolute Gasteiger partial charge is 0.313 e. The second-order valence-electron chi connectivity index (χ2n) is 4.70. The van der Waals surface area contributed by atoms with Gasteiger partial charge < -0.3 is 5.32 Å². The van der Waals surface area contributed by atoms with Crippen molar-refractivity contribution in [1.82, 2.24) is 5.32 Å². The first-order valence-corrected chi connectivity index (χ1v) is 6.24. The van der Waals surface area contributed by atoms with E-state index >= 15 is 0 Å². The Morgan fingerprint density at radius 2 is 2.31 bits per heavy atom. The molecule has 1 aromatic carbocycles. The number of halogens is 1. The van der Waals surface area contributed by atoms with Gasteiger partial charge in [0.15, 0.2) is 0 Å². The van der Waals surface area contributed by atoms with Crippen LogP contribution >= 0.6 is 0 Å². The first kappa shape index (κ1) is 11.6. The van der Waals surface area contributed by atoms with Gasteiger partial charge in [-0.3, -0.25) is 0 Å². The Kier molecular flexibility index (Phi) is 3.59. The lowest BCUT2D eigenvalue weighted by Crippen LogP contribution is -2.40. The van der Waals surface area contributed by atoms with E-state index in [2.05, 4.69) is 18.3 Å². The summed E-state index contributed by atoms with van der Waals surface area (Å²) in [6, 6.07) is 8.03. The molecule has 1 aliphatic rings. The summed E-state index contributed by atoms with van der Waals surface area (Å²) in [6.45, 7) is 3.56. The maximum atomic E-state index is 14.7. The van der Waals surface area contributed by atoms with E-state index in [-0.39, 0.29) is 0 Å². The van der Waals surface area contributed by atoms with Crippen LogP contribution in [0.1, 0.15) is 37.3 Å². The van der Waals surface area contributed by atoms with E-state index in [0.29, 0.717) is 13.0 Å². The highest BCUT2D eigenvalue weighted by atomic mass is 19.1. The fourth-order valence-electron chi connectivity index (χ4n) is 2.41. The maximum Gasteiger partial charge on any atom is 0.148 e. The van der Waals surface area contributed by atoms with Crippen molar-refractivity contribution < 1.29 is 4.39 Å². The molecule has 1 nitrogen and oxygen atoms in total. The van der Waals surface area contributed by atoms with Gasteiger partial charge in [0.05, 0.1) is 0 Å². The quantitative estimate of drug-likeness (QED) is 0.826. The van der Waals surface area contributed by atoms with Crippen molar-refractivity contribution in [1.29, 1.82) is 0 Å². The molecule has 1 saturated heterocycles. The van der Waals surface area contributed by atoms with Crippen molar-refractivity contribution >= 4 is 0 Å². The summed E-state index contributed by atoms with van der Waals surface area (Å²) in [4.78, 5) is 0. The third-order valence-electron chi connectivity index (χ3n) is 3.31. The molecular weight excluding hydrogens is 201 g/mol. The molecule has 16 heavy (non-hydrogen) atoms. The number of aryl methyl sites for hydroxylation is 1. The van der Waals surface area contributed by atoms with Gasteiger partial charge in [-0.1, -0.05) is 37.6 Å². The monoisotopic (exact) mass is 221 g/mol. The van der Waals surface area contributed by atoms with Gasteiger partial charge in [0.25, 0.3) is 0 Å². The van der Waals surface area contributed by atoms with Gasteiger partial charge in [-0.2, -0.15) is 0 Å². The molecular formula is C14H20FN. The van der Waals surface area contributed by atoms with Crippen LogP contribution in [0, 0.1) is 0 Å². The van der Waals surface area contributed by atoms with Crippen LogP contribution in [0.2, 0.25) is 0 Å². The van der Waals surface area contributed by atoms with Gasteiger partial charge >= 0.3 is 0 Å². The molecule has 1 unspecified atom stereocenters. The average molecular weight is 221 g/mol. The summed E-state index contributed by atoms with van der Waals surface area (Å²) in [7, 11) is 0. The molecule has 0 spiro atoms. The number of hydrogen-bond acceptors (Lipinski definition) is 1. The molecule has 1 fully saturated rings. The molecule has 1 atom stereocenters. The lowest BCUT2D eigenvalue weighted by atomic mass is 9.87. The van der Waals surface area contributed by atoms with E-state index in [0.717, 1.165) is 31.4 Å².